The molecule has 1 aromatic carbocycles. The zero-order valence-electron chi connectivity index (χ0n) is 6.34. The molecule has 0 spiro atoms. The molecule has 13 heavy (non-hydrogen) atoms. The van der Waals surface area contributed by atoms with Crippen molar-refractivity contribution in [1.29, 1.82) is 0 Å². The molecule has 1 N–H and O–H groups in total. The fourth-order valence-electron chi connectivity index (χ4n) is 1.05. The highest BCUT2D eigenvalue weighted by molar-refractivity contribution is 5.73. The minimum Gasteiger partial charge on any atom is -0.317 e. The summed E-state index contributed by atoms with van der Waals surface area (Å²) in [5.41, 5.74) is -0.927. The molecule has 3 nitrogen and oxygen atoms in total. The Hall–Kier alpha value is -1.78. The number of benzene rings is 1. The van der Waals surface area contributed by atoms with E-state index in [2.05, 4.69) is 9.97 Å². The van der Waals surface area contributed by atoms with E-state index in [1.54, 1.807) is 0 Å². The van der Waals surface area contributed by atoms with Crippen LogP contribution in [0.3, 0.4) is 0 Å². The summed E-state index contributed by atoms with van der Waals surface area (Å²) in [7, 11) is 0. The predicted octanol–water partition coefficient (Wildman–Crippen LogP) is 1.20. The van der Waals surface area contributed by atoms with E-state index in [1.807, 2.05) is 0 Å². The summed E-state index contributed by atoms with van der Waals surface area (Å²) >= 11 is 0. The zero-order valence-corrected chi connectivity index (χ0v) is 6.34. The summed E-state index contributed by atoms with van der Waals surface area (Å²) < 4.78 is 25.6. The van der Waals surface area contributed by atoms with Crippen molar-refractivity contribution in [2.75, 3.05) is 0 Å². The zero-order chi connectivity index (χ0) is 9.42. The van der Waals surface area contributed by atoms with Crippen LogP contribution in [-0.2, 0) is 0 Å². The first-order chi connectivity index (χ1) is 6.18. The molecular weight excluding hydrogens is 178 g/mol. The van der Waals surface area contributed by atoms with Gasteiger partial charge in [0, 0.05) is 0 Å². The van der Waals surface area contributed by atoms with Gasteiger partial charge in [0.15, 0.2) is 5.82 Å². The molecule has 1 heterocycles. The van der Waals surface area contributed by atoms with Crippen molar-refractivity contribution >= 4 is 11.0 Å². The van der Waals surface area contributed by atoms with Crippen LogP contribution in [0.4, 0.5) is 8.78 Å². The first kappa shape index (κ1) is 7.85. The number of aromatic amines is 1. The molecule has 0 aliphatic carbocycles. The highest BCUT2D eigenvalue weighted by Gasteiger charge is 2.06. The molecule has 2 aromatic rings. The van der Waals surface area contributed by atoms with E-state index >= 15 is 0 Å². The van der Waals surface area contributed by atoms with Crippen molar-refractivity contribution in [3.8, 4) is 0 Å². The second kappa shape index (κ2) is 2.62. The van der Waals surface area contributed by atoms with Gasteiger partial charge in [-0.05, 0) is 12.1 Å². The number of fused-ring (bicyclic) bond motifs is 1. The molecule has 2 rings (SSSR count). The third kappa shape index (κ3) is 1.18. The van der Waals surface area contributed by atoms with E-state index in [9.17, 15) is 13.6 Å². The van der Waals surface area contributed by atoms with Crippen LogP contribution >= 0.6 is 0 Å². The number of rotatable bonds is 0. The molecule has 0 radical (unpaired) electrons. The number of nitrogens with zero attached hydrogens (tertiary/aromatic N) is 1. The summed E-state index contributed by atoms with van der Waals surface area (Å²) in [6.45, 7) is 0. The smallest absolute Gasteiger partial charge is 0.304 e. The largest absolute Gasteiger partial charge is 0.317 e. The van der Waals surface area contributed by atoms with Gasteiger partial charge in [-0.2, -0.15) is 4.39 Å². The highest BCUT2D eigenvalue weighted by Crippen LogP contribution is 2.10. The highest BCUT2D eigenvalue weighted by atomic mass is 19.1. The number of halogens is 2. The Kier molecular flexibility index (Phi) is 1.58. The van der Waals surface area contributed by atoms with Crippen LogP contribution in [0.15, 0.2) is 23.0 Å². The number of nitrogens with one attached hydrogen (secondary N) is 1. The lowest BCUT2D eigenvalue weighted by atomic mass is 10.3. The Morgan fingerprint density at radius 2 is 2.08 bits per heavy atom. The number of H-pyrrole nitrogens is 1. The third-order valence-corrected chi connectivity index (χ3v) is 1.63. The van der Waals surface area contributed by atoms with Crippen LogP contribution in [0, 0.1) is 11.8 Å². The molecule has 0 amide bonds. The number of aromatic nitrogens is 2. The third-order valence-electron chi connectivity index (χ3n) is 1.63. The van der Waals surface area contributed by atoms with Crippen molar-refractivity contribution in [1.82, 2.24) is 9.97 Å². The van der Waals surface area contributed by atoms with Crippen LogP contribution in [0.25, 0.3) is 11.0 Å². The maximum Gasteiger partial charge on any atom is 0.304 e. The molecular formula is C8H4F2N2O. The van der Waals surface area contributed by atoms with Gasteiger partial charge in [-0.25, -0.2) is 9.37 Å². The van der Waals surface area contributed by atoms with Crippen LogP contribution in [0.1, 0.15) is 0 Å². The van der Waals surface area contributed by atoms with Crippen LogP contribution in [0.5, 0.6) is 0 Å². The molecule has 5 heteroatoms. The quantitative estimate of drug-likeness (QED) is 0.665. The van der Waals surface area contributed by atoms with E-state index in [0.29, 0.717) is 0 Å². The maximum absolute atomic E-state index is 12.9. The minimum atomic E-state index is -1.22. The Morgan fingerprint density at radius 1 is 1.31 bits per heavy atom. The molecule has 0 saturated carbocycles. The second-order valence-electron chi connectivity index (χ2n) is 2.49. The Morgan fingerprint density at radius 3 is 2.85 bits per heavy atom. The normalized spacial score (nSPS) is 10.6. The van der Waals surface area contributed by atoms with Gasteiger partial charge in [0.25, 0.3) is 5.95 Å². The van der Waals surface area contributed by atoms with E-state index in [0.717, 1.165) is 6.07 Å². The summed E-state index contributed by atoms with van der Waals surface area (Å²) in [6.07, 6.45) is 0. The van der Waals surface area contributed by atoms with E-state index in [1.165, 1.54) is 12.1 Å². The van der Waals surface area contributed by atoms with Crippen molar-refractivity contribution in [2.45, 2.75) is 0 Å². The molecule has 0 atom stereocenters. The summed E-state index contributed by atoms with van der Waals surface area (Å²) in [5, 5.41) is 0. The summed E-state index contributed by atoms with van der Waals surface area (Å²) in [5.74, 6) is -1.88. The SMILES string of the molecule is O=c1[nH]c2cccc(F)c2nc1F. The Labute approximate surface area is 71.0 Å². The Bertz CT molecular complexity index is 521. The van der Waals surface area contributed by atoms with Crippen LogP contribution < -0.4 is 5.56 Å². The molecule has 1 aromatic heterocycles. The lowest BCUT2D eigenvalue weighted by Crippen LogP contribution is -2.13. The average molecular weight is 182 g/mol. The molecule has 0 unspecified atom stereocenters. The number of hydrogen-bond acceptors (Lipinski definition) is 2. The fourth-order valence-corrected chi connectivity index (χ4v) is 1.05. The first-order valence-electron chi connectivity index (χ1n) is 3.52. The molecule has 0 saturated heterocycles. The Balaban J connectivity index is 2.97. The monoisotopic (exact) mass is 182 g/mol. The van der Waals surface area contributed by atoms with E-state index in [4.69, 9.17) is 0 Å². The number of para-hydroxylation sites is 1. The summed E-state index contributed by atoms with van der Waals surface area (Å²) in [6, 6.07) is 4.01. The lowest BCUT2D eigenvalue weighted by Gasteiger charge is -1.96. The van der Waals surface area contributed by atoms with Gasteiger partial charge in [-0.15, -0.1) is 0 Å². The molecule has 0 fully saturated rings. The van der Waals surface area contributed by atoms with Gasteiger partial charge < -0.3 is 4.98 Å². The lowest BCUT2D eigenvalue weighted by molar-refractivity contribution is 0.564. The molecule has 0 aliphatic heterocycles. The van der Waals surface area contributed by atoms with Crippen molar-refractivity contribution < 1.29 is 8.78 Å². The summed E-state index contributed by atoms with van der Waals surface area (Å²) in [4.78, 5) is 16.1. The van der Waals surface area contributed by atoms with Crippen LogP contribution in [-0.4, -0.2) is 9.97 Å². The van der Waals surface area contributed by atoms with Gasteiger partial charge in [-0.1, -0.05) is 6.07 Å². The fraction of sp³-hybridized carbons (Fsp3) is 0. The standard InChI is InChI=1S/C8H4F2N2O/c9-4-2-1-3-5-6(4)12-7(10)8(13)11-5/h1-3H,(H,11,13). The maximum atomic E-state index is 12.9. The van der Waals surface area contributed by atoms with Crippen molar-refractivity contribution in [2.24, 2.45) is 0 Å². The first-order valence-corrected chi connectivity index (χ1v) is 3.52. The molecule has 0 aliphatic rings. The van der Waals surface area contributed by atoms with Crippen molar-refractivity contribution in [3.05, 3.63) is 40.3 Å². The number of hydrogen-bond donors (Lipinski definition) is 1. The van der Waals surface area contributed by atoms with Gasteiger partial charge in [0.1, 0.15) is 5.52 Å². The van der Waals surface area contributed by atoms with Gasteiger partial charge in [0.05, 0.1) is 5.52 Å². The van der Waals surface area contributed by atoms with Gasteiger partial charge in [-0.3, -0.25) is 4.79 Å². The molecule has 0 bridgehead atoms. The topological polar surface area (TPSA) is 45.8 Å². The van der Waals surface area contributed by atoms with E-state index < -0.39 is 17.3 Å². The van der Waals surface area contributed by atoms with Gasteiger partial charge in [0.2, 0.25) is 0 Å². The van der Waals surface area contributed by atoms with Gasteiger partial charge >= 0.3 is 5.56 Å². The van der Waals surface area contributed by atoms with Crippen LogP contribution in [0.2, 0.25) is 0 Å². The minimum absolute atomic E-state index is 0.167. The van der Waals surface area contributed by atoms with E-state index in [-0.39, 0.29) is 11.0 Å². The van der Waals surface area contributed by atoms with Crippen molar-refractivity contribution in [3.63, 3.8) is 0 Å². The second-order valence-corrected chi connectivity index (χ2v) is 2.49. The predicted molar refractivity (Wildman–Crippen MR) is 42.3 cm³/mol. The average Bonchev–Trinajstić information content (AvgIpc) is 2.09. The molecule has 66 valence electrons.